The number of ether oxygens (including phenoxy) is 3. The fraction of sp³-hybridized carbons (Fsp3) is 0.226. The normalized spacial score (nSPS) is 15.1. The number of halogens is 3. The van der Waals surface area contributed by atoms with Gasteiger partial charge in [-0.2, -0.15) is 0 Å². The van der Waals surface area contributed by atoms with Crippen LogP contribution in [0, 0.1) is 24.0 Å². The van der Waals surface area contributed by atoms with Crippen LogP contribution in [-0.2, 0) is 19.1 Å². The third kappa shape index (κ3) is 8.06. The van der Waals surface area contributed by atoms with Crippen LogP contribution in [0.15, 0.2) is 94.2 Å². The molecule has 10 heteroatoms. The average Bonchev–Trinajstić information content (AvgIpc) is 3.74. The molecule has 0 bridgehead atoms. The molecule has 0 heterocycles. The van der Waals surface area contributed by atoms with Gasteiger partial charge in [0, 0.05) is 29.1 Å². The first kappa shape index (κ1) is 31.6. The summed E-state index contributed by atoms with van der Waals surface area (Å²) in [5, 5.41) is 5.22. The third-order valence-corrected chi connectivity index (χ3v) is 7.00. The zero-order valence-corrected chi connectivity index (χ0v) is 25.3. The number of anilines is 2. The molecule has 1 aliphatic rings. The van der Waals surface area contributed by atoms with Gasteiger partial charge in [0.05, 0.1) is 20.5 Å². The van der Waals surface area contributed by atoms with Gasteiger partial charge < -0.3 is 24.8 Å². The number of hydrogen-bond donors (Lipinski definition) is 2. The third-order valence-electron chi connectivity index (χ3n) is 6.25. The second-order valence-electron chi connectivity index (χ2n) is 9.28. The summed E-state index contributed by atoms with van der Waals surface area (Å²) in [5.41, 5.74) is 1.22. The Kier molecular flexibility index (Phi) is 10.9. The highest BCUT2D eigenvalue weighted by Crippen LogP contribution is 2.47. The van der Waals surface area contributed by atoms with Crippen LogP contribution < -0.4 is 15.4 Å². The van der Waals surface area contributed by atoms with Crippen LogP contribution >= 0.6 is 22.6 Å². The van der Waals surface area contributed by atoms with Gasteiger partial charge in [0.15, 0.2) is 21.1 Å². The van der Waals surface area contributed by atoms with Crippen LogP contribution in [0.25, 0.3) is 0 Å². The summed E-state index contributed by atoms with van der Waals surface area (Å²) in [4.78, 5) is 25.9. The number of amides is 2. The molecule has 2 aromatic carbocycles. The standard InChI is InChI=1S/C31H31F2IN2O5/c1-6-7-26(23(12-15-39-4)20(3)16-27(34)40-5)41-28-24(32)17-22(18-25(28)33)36-30(38)31(13-14-31)29(37)35-21-10-8-19(2)9-11-21/h6-12,15-18H,1,13-14H2,2-5H3,(H,35,37)(H,36,38)/b15-12+,23-20+,26-7+,27-16+. The van der Waals surface area contributed by atoms with Crippen molar-refractivity contribution >= 4 is 45.8 Å². The average molecular weight is 676 g/mol. The Hall–Kier alpha value is -3.93. The van der Waals surface area contributed by atoms with Gasteiger partial charge in [-0.1, -0.05) is 30.4 Å². The highest BCUT2D eigenvalue weighted by atomic mass is 127. The summed E-state index contributed by atoms with van der Waals surface area (Å²) >= 11 is 1.99. The maximum atomic E-state index is 15.2. The van der Waals surface area contributed by atoms with Crippen molar-refractivity contribution in [3.8, 4) is 5.75 Å². The van der Waals surface area contributed by atoms with Crippen LogP contribution in [0.2, 0.25) is 0 Å². The Bertz CT molecular complexity index is 1420. The van der Waals surface area contributed by atoms with Crippen LogP contribution in [0.4, 0.5) is 20.2 Å². The number of carbonyl (C=O) groups is 2. The molecule has 0 aliphatic heterocycles. The molecule has 0 unspecified atom stereocenters. The summed E-state index contributed by atoms with van der Waals surface area (Å²) in [6, 6.07) is 9.02. The Morgan fingerprint density at radius 3 is 2.12 bits per heavy atom. The van der Waals surface area contributed by atoms with E-state index in [4.69, 9.17) is 14.2 Å². The number of allylic oxidation sites excluding steroid dienone is 5. The highest BCUT2D eigenvalue weighted by molar-refractivity contribution is 14.1. The molecule has 1 fully saturated rings. The molecule has 2 N–H and O–H groups in total. The molecular formula is C31H31F2IN2O5. The van der Waals surface area contributed by atoms with Gasteiger partial charge in [-0.15, -0.1) is 0 Å². The second-order valence-corrected chi connectivity index (χ2v) is 10.3. The Morgan fingerprint density at radius 1 is 1.02 bits per heavy atom. The molecule has 0 atom stereocenters. The summed E-state index contributed by atoms with van der Waals surface area (Å²) in [6.45, 7) is 7.35. The van der Waals surface area contributed by atoms with Crippen molar-refractivity contribution in [1.29, 1.82) is 0 Å². The van der Waals surface area contributed by atoms with Crippen molar-refractivity contribution in [1.82, 2.24) is 0 Å². The van der Waals surface area contributed by atoms with E-state index in [2.05, 4.69) is 17.2 Å². The van der Waals surface area contributed by atoms with E-state index in [1.54, 1.807) is 31.2 Å². The molecule has 7 nitrogen and oxygen atoms in total. The van der Waals surface area contributed by atoms with E-state index in [1.165, 1.54) is 32.6 Å². The van der Waals surface area contributed by atoms with Crippen molar-refractivity contribution in [3.05, 3.63) is 111 Å². The van der Waals surface area contributed by atoms with Crippen LogP contribution in [0.5, 0.6) is 5.75 Å². The molecule has 0 spiro atoms. The van der Waals surface area contributed by atoms with Gasteiger partial charge in [-0.25, -0.2) is 8.78 Å². The summed E-state index contributed by atoms with van der Waals surface area (Å²) in [5.74, 6) is -3.84. The van der Waals surface area contributed by atoms with Gasteiger partial charge in [0.25, 0.3) is 0 Å². The minimum atomic E-state index is -1.31. The van der Waals surface area contributed by atoms with Crippen LogP contribution in [-0.4, -0.2) is 26.0 Å². The lowest BCUT2D eigenvalue weighted by molar-refractivity contribution is -0.131. The molecule has 216 valence electrons. The van der Waals surface area contributed by atoms with E-state index < -0.39 is 34.6 Å². The van der Waals surface area contributed by atoms with Gasteiger partial charge in [0.1, 0.15) is 11.2 Å². The molecule has 41 heavy (non-hydrogen) atoms. The first-order valence-corrected chi connectivity index (χ1v) is 13.6. The van der Waals surface area contributed by atoms with Crippen molar-refractivity contribution in [2.75, 3.05) is 24.9 Å². The maximum Gasteiger partial charge on any atom is 0.240 e. The van der Waals surface area contributed by atoms with E-state index in [9.17, 15) is 9.59 Å². The lowest BCUT2D eigenvalue weighted by Crippen LogP contribution is -2.35. The van der Waals surface area contributed by atoms with E-state index in [0.29, 0.717) is 33.4 Å². The molecule has 1 aliphatic carbocycles. The molecule has 2 amide bonds. The number of methoxy groups -OCH3 is 2. The SMILES string of the molecule is C=C\C=C(Oc1c(F)cc(NC(=O)C2(C(=O)Nc3ccc(C)cc3)CC2)cc1F)/C(/C=C/OC)=C(C)/C=C(\I)OC. The second kappa shape index (κ2) is 14.1. The lowest BCUT2D eigenvalue weighted by atomic mass is 10.0. The topological polar surface area (TPSA) is 85.9 Å². The minimum Gasteiger partial charge on any atom is -0.504 e. The smallest absolute Gasteiger partial charge is 0.240 e. The van der Waals surface area contributed by atoms with E-state index in [-0.39, 0.29) is 11.4 Å². The van der Waals surface area contributed by atoms with E-state index in [1.807, 2.05) is 41.6 Å². The van der Waals surface area contributed by atoms with Crippen molar-refractivity contribution in [2.24, 2.45) is 5.41 Å². The Labute approximate surface area is 251 Å². The highest BCUT2D eigenvalue weighted by Gasteiger charge is 2.56. The van der Waals surface area contributed by atoms with Crippen LogP contribution in [0.3, 0.4) is 0 Å². The predicted octanol–water partition coefficient (Wildman–Crippen LogP) is 7.48. The Balaban J connectivity index is 1.84. The zero-order chi connectivity index (χ0) is 30.2. The summed E-state index contributed by atoms with van der Waals surface area (Å²) < 4.78 is 46.9. The summed E-state index contributed by atoms with van der Waals surface area (Å²) in [6.07, 6.45) is 8.17. The molecule has 1 saturated carbocycles. The fourth-order valence-electron chi connectivity index (χ4n) is 3.80. The molecule has 3 rings (SSSR count). The van der Waals surface area contributed by atoms with Gasteiger partial charge >= 0.3 is 0 Å². The van der Waals surface area contributed by atoms with Gasteiger partial charge in [-0.05, 0) is 85.2 Å². The van der Waals surface area contributed by atoms with Gasteiger partial charge in [-0.3, -0.25) is 9.59 Å². The number of nitrogens with one attached hydrogen (secondary N) is 2. The Morgan fingerprint density at radius 2 is 1.61 bits per heavy atom. The predicted molar refractivity (Wildman–Crippen MR) is 163 cm³/mol. The number of benzene rings is 2. The van der Waals surface area contributed by atoms with Crippen molar-refractivity contribution in [3.63, 3.8) is 0 Å². The van der Waals surface area contributed by atoms with Crippen LogP contribution in [0.1, 0.15) is 25.3 Å². The maximum absolute atomic E-state index is 15.2. The largest absolute Gasteiger partial charge is 0.504 e. The minimum absolute atomic E-state index is 0.0849. The monoisotopic (exact) mass is 676 g/mol. The molecular weight excluding hydrogens is 645 g/mol. The number of rotatable bonds is 12. The first-order chi connectivity index (χ1) is 19.5. The first-order valence-electron chi connectivity index (χ1n) is 12.6. The van der Waals surface area contributed by atoms with Crippen molar-refractivity contribution in [2.45, 2.75) is 26.7 Å². The molecule has 2 aromatic rings. The van der Waals surface area contributed by atoms with E-state index >= 15 is 8.78 Å². The quantitative estimate of drug-likeness (QED) is 0.105. The number of hydrogen-bond acceptors (Lipinski definition) is 5. The zero-order valence-electron chi connectivity index (χ0n) is 23.1. The fourth-order valence-corrected chi connectivity index (χ4v) is 4.26. The number of carbonyl (C=O) groups excluding carboxylic acids is 2. The molecule has 0 radical (unpaired) electrons. The number of aryl methyl sites for hydroxylation is 1. The summed E-state index contributed by atoms with van der Waals surface area (Å²) in [7, 11) is 2.97. The lowest BCUT2D eigenvalue weighted by Gasteiger charge is -2.17. The molecule has 0 saturated heterocycles. The van der Waals surface area contributed by atoms with E-state index in [0.717, 1.165) is 17.7 Å². The van der Waals surface area contributed by atoms with Crippen molar-refractivity contribution < 1.29 is 32.6 Å². The van der Waals surface area contributed by atoms with Gasteiger partial charge in [0.2, 0.25) is 11.8 Å². The molecule has 0 aromatic heterocycles.